The molecule has 0 atom stereocenters. The monoisotopic (exact) mass is 462 g/mol. The van der Waals surface area contributed by atoms with Crippen molar-refractivity contribution >= 4 is 15.2 Å². The Morgan fingerprint density at radius 2 is 1.13 bits per heavy atom. The Hall–Kier alpha value is -0.480. The zero-order valence-electron chi connectivity index (χ0n) is 19.5. The van der Waals surface area contributed by atoms with Crippen molar-refractivity contribution in [2.45, 2.75) is 72.6 Å². The number of aryl methyl sites for hydroxylation is 1. The molecule has 0 saturated carbocycles. The highest BCUT2D eigenvalue weighted by Gasteiger charge is 2.50. The van der Waals surface area contributed by atoms with E-state index >= 15 is 0 Å². The molecule has 1 rings (SSSR count). The highest BCUT2D eigenvalue weighted by atomic mass is 31.2. The molecule has 0 unspecified atom stereocenters. The molecule has 0 heterocycles. The average Bonchev–Trinajstić information content (AvgIpc) is 2.66. The van der Waals surface area contributed by atoms with Crippen LogP contribution in [0.1, 0.15) is 65.5 Å². The first-order valence-corrected chi connectivity index (χ1v) is 14.3. The fourth-order valence-electron chi connectivity index (χ4n) is 3.43. The van der Waals surface area contributed by atoms with E-state index in [2.05, 4.69) is 38.1 Å². The Bertz CT molecular complexity index is 639. The lowest BCUT2D eigenvalue weighted by molar-refractivity contribution is 0.193. The van der Waals surface area contributed by atoms with Crippen molar-refractivity contribution in [1.29, 1.82) is 0 Å². The molecule has 0 saturated heterocycles. The summed E-state index contributed by atoms with van der Waals surface area (Å²) in [6, 6.07) is 8.57. The lowest BCUT2D eigenvalue weighted by Gasteiger charge is -2.31. The van der Waals surface area contributed by atoms with Gasteiger partial charge in [0.25, 0.3) is 0 Å². The summed E-state index contributed by atoms with van der Waals surface area (Å²) >= 11 is 0. The molecule has 0 radical (unpaired) electrons. The van der Waals surface area contributed by atoms with E-state index in [9.17, 15) is 9.13 Å². The van der Waals surface area contributed by atoms with Crippen molar-refractivity contribution in [2.75, 3.05) is 26.4 Å². The Labute approximate surface area is 183 Å². The van der Waals surface area contributed by atoms with E-state index in [1.807, 2.05) is 0 Å². The van der Waals surface area contributed by atoms with Gasteiger partial charge in [-0.1, -0.05) is 38.1 Å². The Balaban J connectivity index is 2.99. The third-order valence-electron chi connectivity index (χ3n) is 4.56. The van der Waals surface area contributed by atoms with E-state index in [0.29, 0.717) is 18.8 Å². The Morgan fingerprint density at radius 3 is 1.50 bits per heavy atom. The van der Waals surface area contributed by atoms with Crippen LogP contribution in [0.4, 0.5) is 0 Å². The molecule has 0 bridgehead atoms. The van der Waals surface area contributed by atoms with Crippen LogP contribution >= 0.6 is 15.2 Å². The molecule has 0 aliphatic heterocycles. The number of benzene rings is 1. The molecule has 174 valence electrons. The molecule has 6 nitrogen and oxygen atoms in total. The van der Waals surface area contributed by atoms with Crippen LogP contribution in [0, 0.1) is 5.92 Å². The highest BCUT2D eigenvalue weighted by Crippen LogP contribution is 2.71. The third kappa shape index (κ3) is 8.57. The van der Waals surface area contributed by atoms with E-state index in [1.54, 1.807) is 27.7 Å². The van der Waals surface area contributed by atoms with Gasteiger partial charge in [-0.05, 0) is 70.4 Å². The second kappa shape index (κ2) is 13.8. The van der Waals surface area contributed by atoms with E-state index in [1.165, 1.54) is 11.1 Å². The van der Waals surface area contributed by atoms with Crippen molar-refractivity contribution < 1.29 is 27.2 Å². The first kappa shape index (κ1) is 27.6. The second-order valence-corrected chi connectivity index (χ2v) is 12.4. The molecule has 0 fully saturated rings. The largest absolute Gasteiger partial charge is 0.345 e. The first-order valence-electron chi connectivity index (χ1n) is 11.1. The molecule has 0 aromatic heterocycles. The zero-order chi connectivity index (χ0) is 22.6. The summed E-state index contributed by atoms with van der Waals surface area (Å²) in [4.78, 5) is 0. The Kier molecular flexibility index (Phi) is 12.7. The molecule has 0 amide bonds. The van der Waals surface area contributed by atoms with Crippen molar-refractivity contribution in [3.63, 3.8) is 0 Å². The predicted octanol–water partition coefficient (Wildman–Crippen LogP) is 7.07. The minimum atomic E-state index is -3.67. The molecule has 0 N–H and O–H groups in total. The van der Waals surface area contributed by atoms with Crippen molar-refractivity contribution in [3.8, 4) is 0 Å². The minimum Gasteiger partial charge on any atom is -0.308 e. The third-order valence-corrected chi connectivity index (χ3v) is 10.7. The normalized spacial score (nSPS) is 12.8. The van der Waals surface area contributed by atoms with Crippen molar-refractivity contribution in [1.82, 2.24) is 0 Å². The van der Waals surface area contributed by atoms with Crippen LogP contribution in [0.5, 0.6) is 0 Å². The van der Waals surface area contributed by atoms with Crippen LogP contribution in [0.25, 0.3) is 0 Å². The maximum Gasteiger partial charge on any atom is 0.345 e. The lowest BCUT2D eigenvalue weighted by atomic mass is 10.0. The van der Waals surface area contributed by atoms with Gasteiger partial charge in [-0.2, -0.15) is 0 Å². The van der Waals surface area contributed by atoms with Crippen LogP contribution < -0.4 is 0 Å². The van der Waals surface area contributed by atoms with Crippen LogP contribution in [-0.4, -0.2) is 31.8 Å². The van der Waals surface area contributed by atoms with Crippen LogP contribution in [0.2, 0.25) is 0 Å². The maximum atomic E-state index is 13.5. The molecular weight excluding hydrogens is 422 g/mol. The fraction of sp³-hybridized carbons (Fsp3) is 0.727. The summed E-state index contributed by atoms with van der Waals surface area (Å²) in [7, 11) is -7.34. The number of rotatable bonds is 16. The number of hydrogen-bond acceptors (Lipinski definition) is 6. The van der Waals surface area contributed by atoms with Gasteiger partial charge in [0, 0.05) is 0 Å². The van der Waals surface area contributed by atoms with E-state index in [4.69, 9.17) is 18.1 Å². The summed E-state index contributed by atoms with van der Waals surface area (Å²) in [5, 5.41) is -0.940. The van der Waals surface area contributed by atoms with Gasteiger partial charge in [0.1, 0.15) is 0 Å². The van der Waals surface area contributed by atoms with Crippen molar-refractivity contribution in [2.24, 2.45) is 5.92 Å². The molecule has 0 aliphatic carbocycles. The van der Waals surface area contributed by atoms with Crippen LogP contribution in [0.3, 0.4) is 0 Å². The summed E-state index contributed by atoms with van der Waals surface area (Å²) < 4.78 is 49.2. The van der Waals surface area contributed by atoms with Gasteiger partial charge < -0.3 is 18.1 Å². The second-order valence-electron chi connectivity index (χ2n) is 7.54. The van der Waals surface area contributed by atoms with Crippen molar-refractivity contribution in [3.05, 3.63) is 35.4 Å². The van der Waals surface area contributed by atoms with E-state index in [0.717, 1.165) is 12.8 Å². The molecule has 1 aromatic carbocycles. The fourth-order valence-corrected chi connectivity index (χ4v) is 8.89. The number of hydrogen-bond donors (Lipinski definition) is 0. The SMILES string of the molecule is CCOP(=O)(OCC)C(CCCc1ccc(CC(C)C)cc1)P(=O)(OCC)OCC. The predicted molar refractivity (Wildman–Crippen MR) is 123 cm³/mol. The minimum absolute atomic E-state index is 0.198. The smallest absolute Gasteiger partial charge is 0.308 e. The first-order chi connectivity index (χ1) is 14.2. The van der Waals surface area contributed by atoms with Crippen LogP contribution in [-0.2, 0) is 40.1 Å². The molecule has 8 heteroatoms. The van der Waals surface area contributed by atoms with Gasteiger partial charge in [0.2, 0.25) is 0 Å². The average molecular weight is 463 g/mol. The topological polar surface area (TPSA) is 71.1 Å². The summed E-state index contributed by atoms with van der Waals surface area (Å²) in [6.45, 7) is 12.2. The molecule has 1 aromatic rings. The molecule has 30 heavy (non-hydrogen) atoms. The molecule has 0 spiro atoms. The summed E-state index contributed by atoms with van der Waals surface area (Å²) in [6.07, 6.45) is 2.86. The van der Waals surface area contributed by atoms with Gasteiger partial charge >= 0.3 is 15.2 Å². The van der Waals surface area contributed by atoms with Gasteiger partial charge in [0.05, 0.1) is 26.4 Å². The quantitative estimate of drug-likeness (QED) is 0.245. The van der Waals surface area contributed by atoms with E-state index in [-0.39, 0.29) is 26.4 Å². The van der Waals surface area contributed by atoms with Crippen LogP contribution in [0.15, 0.2) is 24.3 Å². The summed E-state index contributed by atoms with van der Waals surface area (Å²) in [5.74, 6) is 0.620. The summed E-state index contributed by atoms with van der Waals surface area (Å²) in [5.41, 5.74) is 2.51. The van der Waals surface area contributed by atoms with E-state index < -0.39 is 20.6 Å². The molecular formula is C22H40O6P2. The standard InChI is InChI=1S/C22H40O6P2/c1-7-25-29(23,26-8-2)22(30(24,27-9-3)28-10-4)13-11-12-20-14-16-21(17-15-20)18-19(5)6/h14-17,19,22H,7-13,18H2,1-6H3. The lowest BCUT2D eigenvalue weighted by Crippen LogP contribution is -2.18. The Morgan fingerprint density at radius 1 is 0.733 bits per heavy atom. The van der Waals surface area contributed by atoms with Gasteiger partial charge in [-0.25, -0.2) is 0 Å². The molecule has 0 aliphatic rings. The maximum absolute atomic E-state index is 13.5. The van der Waals surface area contributed by atoms with Gasteiger partial charge in [-0.3, -0.25) is 9.13 Å². The zero-order valence-corrected chi connectivity index (χ0v) is 21.3. The van der Waals surface area contributed by atoms with Gasteiger partial charge in [0.15, 0.2) is 5.40 Å². The van der Waals surface area contributed by atoms with Gasteiger partial charge in [-0.15, -0.1) is 0 Å². The highest BCUT2D eigenvalue weighted by molar-refractivity contribution is 7.72.